The van der Waals surface area contributed by atoms with Gasteiger partial charge >= 0.3 is 0 Å². The molecule has 108 valence electrons. The van der Waals surface area contributed by atoms with Gasteiger partial charge in [-0.1, -0.05) is 31.5 Å². The Balaban J connectivity index is 2.20. The van der Waals surface area contributed by atoms with Crippen molar-refractivity contribution in [3.63, 3.8) is 0 Å². The molecule has 1 heterocycles. The molecule has 20 heavy (non-hydrogen) atoms. The third-order valence-electron chi connectivity index (χ3n) is 3.26. The van der Waals surface area contributed by atoms with E-state index in [4.69, 9.17) is 16.0 Å². The first-order valence-electron chi connectivity index (χ1n) is 6.90. The first-order chi connectivity index (χ1) is 9.63. The minimum atomic E-state index is -0.315. The van der Waals surface area contributed by atoms with Crippen molar-refractivity contribution in [3.8, 4) is 0 Å². The molecule has 2 nitrogen and oxygen atoms in total. The van der Waals surface area contributed by atoms with Gasteiger partial charge in [-0.25, -0.2) is 4.39 Å². The van der Waals surface area contributed by atoms with Gasteiger partial charge in [-0.15, -0.1) is 0 Å². The van der Waals surface area contributed by atoms with Crippen molar-refractivity contribution < 1.29 is 8.81 Å². The standard InChI is InChI=1S/C16H19ClFNO/c1-3-13-7-8-16(20-13)15(19-4-2)9-11-5-6-12(18)10-14(11)17/h5-8,10,15,19H,3-4,9H2,1-2H3. The van der Waals surface area contributed by atoms with Gasteiger partial charge in [0.1, 0.15) is 17.3 Å². The lowest BCUT2D eigenvalue weighted by Crippen LogP contribution is -2.22. The molecule has 0 bridgehead atoms. The molecule has 0 radical (unpaired) electrons. The predicted octanol–water partition coefficient (Wildman–Crippen LogP) is 4.53. The average Bonchev–Trinajstić information content (AvgIpc) is 2.90. The number of likely N-dealkylation sites (N-methyl/N-ethyl adjacent to an activating group) is 1. The summed E-state index contributed by atoms with van der Waals surface area (Å²) in [6.07, 6.45) is 1.54. The Morgan fingerprint density at radius 1 is 1.25 bits per heavy atom. The van der Waals surface area contributed by atoms with Crippen molar-refractivity contribution in [2.45, 2.75) is 32.7 Å². The van der Waals surface area contributed by atoms with Gasteiger partial charge < -0.3 is 9.73 Å². The van der Waals surface area contributed by atoms with Gasteiger partial charge in [0.25, 0.3) is 0 Å². The van der Waals surface area contributed by atoms with Crippen LogP contribution in [0.3, 0.4) is 0 Å². The maximum Gasteiger partial charge on any atom is 0.124 e. The summed E-state index contributed by atoms with van der Waals surface area (Å²) in [6.45, 7) is 4.93. The summed E-state index contributed by atoms with van der Waals surface area (Å²) in [4.78, 5) is 0. The monoisotopic (exact) mass is 295 g/mol. The molecule has 1 aromatic heterocycles. The molecular weight excluding hydrogens is 277 g/mol. The average molecular weight is 296 g/mol. The van der Waals surface area contributed by atoms with Crippen LogP contribution in [0.2, 0.25) is 5.02 Å². The largest absolute Gasteiger partial charge is 0.464 e. The van der Waals surface area contributed by atoms with Crippen molar-refractivity contribution in [3.05, 3.63) is 58.3 Å². The number of halogens is 2. The third kappa shape index (κ3) is 3.62. The fourth-order valence-corrected chi connectivity index (χ4v) is 2.44. The zero-order valence-electron chi connectivity index (χ0n) is 11.7. The number of hydrogen-bond acceptors (Lipinski definition) is 2. The van der Waals surface area contributed by atoms with Crippen molar-refractivity contribution in [1.82, 2.24) is 5.32 Å². The molecule has 2 aromatic rings. The number of hydrogen-bond donors (Lipinski definition) is 1. The highest BCUT2D eigenvalue weighted by Crippen LogP contribution is 2.25. The number of benzene rings is 1. The van der Waals surface area contributed by atoms with Crippen LogP contribution in [0.1, 0.15) is 37.0 Å². The van der Waals surface area contributed by atoms with Crippen LogP contribution in [0, 0.1) is 5.82 Å². The van der Waals surface area contributed by atoms with Crippen LogP contribution in [0.4, 0.5) is 4.39 Å². The quantitative estimate of drug-likeness (QED) is 0.847. The van der Waals surface area contributed by atoms with Crippen LogP contribution < -0.4 is 5.32 Å². The Labute approximate surface area is 123 Å². The van der Waals surface area contributed by atoms with E-state index in [0.717, 1.165) is 30.0 Å². The lowest BCUT2D eigenvalue weighted by atomic mass is 10.0. The zero-order chi connectivity index (χ0) is 14.5. The van der Waals surface area contributed by atoms with E-state index < -0.39 is 0 Å². The van der Waals surface area contributed by atoms with Crippen molar-refractivity contribution in [2.24, 2.45) is 0 Å². The van der Waals surface area contributed by atoms with Gasteiger partial charge in [0.15, 0.2) is 0 Å². The molecule has 1 unspecified atom stereocenters. The van der Waals surface area contributed by atoms with Crippen LogP contribution in [0.5, 0.6) is 0 Å². The molecule has 0 aliphatic carbocycles. The Morgan fingerprint density at radius 3 is 2.65 bits per heavy atom. The summed E-state index contributed by atoms with van der Waals surface area (Å²) >= 11 is 6.10. The number of rotatable bonds is 6. The number of nitrogens with one attached hydrogen (secondary N) is 1. The van der Waals surface area contributed by atoms with E-state index in [9.17, 15) is 4.39 Å². The molecule has 4 heteroatoms. The van der Waals surface area contributed by atoms with Gasteiger partial charge in [-0.2, -0.15) is 0 Å². The normalized spacial score (nSPS) is 12.6. The molecule has 0 aliphatic rings. The summed E-state index contributed by atoms with van der Waals surface area (Å²) in [5.74, 6) is 1.54. The minimum absolute atomic E-state index is 0.0447. The maximum atomic E-state index is 13.1. The van der Waals surface area contributed by atoms with Crippen LogP contribution in [0.25, 0.3) is 0 Å². The number of furan rings is 1. The Kier molecular flexibility index (Phi) is 5.21. The van der Waals surface area contributed by atoms with Gasteiger partial charge in [0.05, 0.1) is 6.04 Å². The van der Waals surface area contributed by atoms with Crippen molar-refractivity contribution in [2.75, 3.05) is 6.54 Å². The van der Waals surface area contributed by atoms with Crippen LogP contribution in [0.15, 0.2) is 34.7 Å². The van der Waals surface area contributed by atoms with Crippen molar-refractivity contribution >= 4 is 11.6 Å². The van der Waals surface area contributed by atoms with Gasteiger partial charge in [-0.05, 0) is 42.8 Å². The first-order valence-corrected chi connectivity index (χ1v) is 7.27. The van der Waals surface area contributed by atoms with E-state index in [1.54, 1.807) is 6.07 Å². The summed E-state index contributed by atoms with van der Waals surface area (Å²) in [7, 11) is 0. The van der Waals surface area contributed by atoms with Crippen molar-refractivity contribution in [1.29, 1.82) is 0 Å². The molecule has 0 aliphatic heterocycles. The lowest BCUT2D eigenvalue weighted by molar-refractivity contribution is 0.396. The van der Waals surface area contributed by atoms with Gasteiger partial charge in [0.2, 0.25) is 0 Å². The van der Waals surface area contributed by atoms with E-state index in [1.165, 1.54) is 12.1 Å². The van der Waals surface area contributed by atoms with E-state index in [-0.39, 0.29) is 11.9 Å². The second-order valence-corrected chi connectivity index (χ2v) is 5.11. The lowest BCUT2D eigenvalue weighted by Gasteiger charge is -2.16. The molecule has 1 N–H and O–H groups in total. The molecule has 1 aromatic carbocycles. The fraction of sp³-hybridized carbons (Fsp3) is 0.375. The van der Waals surface area contributed by atoms with E-state index in [0.29, 0.717) is 11.4 Å². The fourth-order valence-electron chi connectivity index (χ4n) is 2.20. The van der Waals surface area contributed by atoms with Crippen LogP contribution >= 0.6 is 11.6 Å². The first kappa shape index (κ1) is 15.1. The minimum Gasteiger partial charge on any atom is -0.464 e. The summed E-state index contributed by atoms with van der Waals surface area (Å²) in [5.41, 5.74) is 0.911. The molecule has 0 amide bonds. The summed E-state index contributed by atoms with van der Waals surface area (Å²) < 4.78 is 18.9. The smallest absolute Gasteiger partial charge is 0.124 e. The Bertz CT molecular complexity index is 567. The van der Waals surface area contributed by atoms with Crippen LogP contribution in [-0.4, -0.2) is 6.54 Å². The number of aryl methyl sites for hydroxylation is 1. The summed E-state index contributed by atoms with van der Waals surface area (Å²) in [6, 6.07) is 8.54. The van der Waals surface area contributed by atoms with E-state index in [2.05, 4.69) is 12.2 Å². The van der Waals surface area contributed by atoms with Crippen LogP contribution in [-0.2, 0) is 12.8 Å². The van der Waals surface area contributed by atoms with E-state index >= 15 is 0 Å². The Morgan fingerprint density at radius 2 is 2.05 bits per heavy atom. The highest BCUT2D eigenvalue weighted by molar-refractivity contribution is 6.31. The van der Waals surface area contributed by atoms with Gasteiger partial charge in [0, 0.05) is 11.4 Å². The zero-order valence-corrected chi connectivity index (χ0v) is 12.5. The SMILES string of the molecule is CCNC(Cc1ccc(F)cc1Cl)c1ccc(CC)o1. The second kappa shape index (κ2) is 6.91. The maximum absolute atomic E-state index is 13.1. The Hall–Kier alpha value is -1.32. The second-order valence-electron chi connectivity index (χ2n) is 4.71. The molecule has 0 spiro atoms. The molecular formula is C16H19ClFNO. The molecule has 0 saturated carbocycles. The highest BCUT2D eigenvalue weighted by atomic mass is 35.5. The molecule has 2 rings (SSSR count). The third-order valence-corrected chi connectivity index (χ3v) is 3.62. The molecule has 1 atom stereocenters. The highest BCUT2D eigenvalue weighted by Gasteiger charge is 2.16. The topological polar surface area (TPSA) is 25.2 Å². The summed E-state index contributed by atoms with van der Waals surface area (Å²) in [5, 5.41) is 3.83. The van der Waals surface area contributed by atoms with E-state index in [1.807, 2.05) is 19.1 Å². The van der Waals surface area contributed by atoms with Gasteiger partial charge in [-0.3, -0.25) is 0 Å². The molecule has 0 saturated heterocycles. The predicted molar refractivity (Wildman–Crippen MR) is 79.6 cm³/mol. The molecule has 0 fully saturated rings.